The van der Waals surface area contributed by atoms with Crippen LogP contribution in [-0.2, 0) is 10.0 Å². The maximum Gasteiger partial charge on any atom is 0.257 e. The number of piperidine rings is 1. The highest BCUT2D eigenvalue weighted by atomic mass is 32.2. The molecule has 1 saturated heterocycles. The Kier molecular flexibility index (Phi) is 6.08. The summed E-state index contributed by atoms with van der Waals surface area (Å²) < 4.78 is 32.8. The molecule has 27 heavy (non-hydrogen) atoms. The molecule has 144 valence electrons. The maximum absolute atomic E-state index is 12.7. The first-order valence-corrected chi connectivity index (χ1v) is 10.3. The minimum atomic E-state index is -3.51. The zero-order chi connectivity index (χ0) is 19.3. The third-order valence-electron chi connectivity index (χ3n) is 4.28. The molecule has 1 aliphatic heterocycles. The maximum atomic E-state index is 12.7. The van der Waals surface area contributed by atoms with E-state index in [4.69, 9.17) is 4.74 Å². The fourth-order valence-corrected chi connectivity index (χ4v) is 4.17. The van der Waals surface area contributed by atoms with Crippen molar-refractivity contribution in [3.63, 3.8) is 0 Å². The van der Waals surface area contributed by atoms with Crippen LogP contribution < -0.4 is 9.64 Å². The summed E-state index contributed by atoms with van der Waals surface area (Å²) in [6.07, 6.45) is 6.05. The Balaban J connectivity index is 1.70. The fourth-order valence-electron chi connectivity index (χ4n) is 2.91. The van der Waals surface area contributed by atoms with Crippen LogP contribution in [0.25, 0.3) is 6.08 Å². The molecule has 0 aliphatic carbocycles. The van der Waals surface area contributed by atoms with Gasteiger partial charge in [0.2, 0.25) is 10.0 Å². The van der Waals surface area contributed by atoms with Gasteiger partial charge in [0.1, 0.15) is 6.10 Å². The zero-order valence-corrected chi connectivity index (χ0v) is 16.3. The molecule has 1 aromatic heterocycles. The molecule has 2 aromatic rings. The number of aromatic nitrogens is 2. The first-order chi connectivity index (χ1) is 13.0. The van der Waals surface area contributed by atoms with Crippen LogP contribution >= 0.6 is 0 Å². The number of rotatable bonds is 6. The summed E-state index contributed by atoms with van der Waals surface area (Å²) in [6.45, 7) is 0.785. The van der Waals surface area contributed by atoms with Crippen molar-refractivity contribution in [1.29, 1.82) is 0 Å². The Morgan fingerprint density at radius 3 is 2.67 bits per heavy atom. The van der Waals surface area contributed by atoms with E-state index in [2.05, 4.69) is 9.97 Å². The Bertz CT molecular complexity index is 885. The van der Waals surface area contributed by atoms with Gasteiger partial charge in [0, 0.05) is 38.4 Å². The standard InChI is InChI=1S/C19H24N4O3S/c1-22(2)18-19(21-12-11-20-18)26-17-9-6-13-23(15-17)27(24,25)14-10-16-7-4-3-5-8-16/h3-5,7-8,10-12,14,17H,6,9,13,15H2,1-2H3/b14-10+. The molecule has 0 saturated carbocycles. The van der Waals surface area contributed by atoms with Crippen molar-refractivity contribution in [2.45, 2.75) is 18.9 Å². The molecule has 1 aliphatic rings. The Morgan fingerprint density at radius 2 is 1.93 bits per heavy atom. The summed E-state index contributed by atoms with van der Waals surface area (Å²) >= 11 is 0. The van der Waals surface area contributed by atoms with Crippen LogP contribution in [0.15, 0.2) is 48.1 Å². The van der Waals surface area contributed by atoms with Gasteiger partial charge in [0.25, 0.3) is 5.88 Å². The molecule has 1 fully saturated rings. The number of hydrogen-bond donors (Lipinski definition) is 0. The van der Waals surface area contributed by atoms with Crippen LogP contribution in [0, 0.1) is 0 Å². The number of anilines is 1. The quantitative estimate of drug-likeness (QED) is 0.756. The second-order valence-corrected chi connectivity index (χ2v) is 8.40. The monoisotopic (exact) mass is 388 g/mol. The molecule has 2 heterocycles. The normalized spacial score (nSPS) is 18.5. The zero-order valence-electron chi connectivity index (χ0n) is 15.5. The van der Waals surface area contributed by atoms with E-state index in [0.29, 0.717) is 24.8 Å². The van der Waals surface area contributed by atoms with Crippen LogP contribution in [-0.4, -0.2) is 56.0 Å². The SMILES string of the molecule is CN(C)c1nccnc1OC1CCCN(S(=O)(=O)/C=C/c2ccccc2)C1. The second kappa shape index (κ2) is 8.49. The predicted molar refractivity (Wildman–Crippen MR) is 106 cm³/mol. The van der Waals surface area contributed by atoms with Gasteiger partial charge < -0.3 is 9.64 Å². The van der Waals surface area contributed by atoms with Crippen LogP contribution in [0.3, 0.4) is 0 Å². The van der Waals surface area contributed by atoms with Crippen LogP contribution in [0.2, 0.25) is 0 Å². The van der Waals surface area contributed by atoms with Gasteiger partial charge in [-0.1, -0.05) is 30.3 Å². The predicted octanol–water partition coefficient (Wildman–Crippen LogP) is 2.39. The Labute approximate surface area is 160 Å². The van der Waals surface area contributed by atoms with E-state index in [1.165, 1.54) is 9.71 Å². The average molecular weight is 388 g/mol. The summed E-state index contributed by atoms with van der Waals surface area (Å²) in [5, 5.41) is 1.26. The molecule has 0 spiro atoms. The van der Waals surface area contributed by atoms with Crippen LogP contribution in [0.1, 0.15) is 18.4 Å². The van der Waals surface area contributed by atoms with Crippen molar-refractivity contribution < 1.29 is 13.2 Å². The minimum absolute atomic E-state index is 0.256. The fraction of sp³-hybridized carbons (Fsp3) is 0.368. The van der Waals surface area contributed by atoms with Crippen molar-refractivity contribution in [2.75, 3.05) is 32.1 Å². The highest BCUT2D eigenvalue weighted by Crippen LogP contribution is 2.25. The molecule has 1 unspecified atom stereocenters. The highest BCUT2D eigenvalue weighted by molar-refractivity contribution is 7.92. The Morgan fingerprint density at radius 1 is 1.19 bits per heavy atom. The molecular formula is C19H24N4O3S. The first kappa shape index (κ1) is 19.3. The van der Waals surface area contributed by atoms with Gasteiger partial charge in [-0.15, -0.1) is 0 Å². The van der Waals surface area contributed by atoms with Gasteiger partial charge >= 0.3 is 0 Å². The van der Waals surface area contributed by atoms with Gasteiger partial charge in [0.05, 0.1) is 6.54 Å². The average Bonchev–Trinajstić information content (AvgIpc) is 2.68. The summed E-state index contributed by atoms with van der Waals surface area (Å²) in [5.41, 5.74) is 0.848. The van der Waals surface area contributed by atoms with Crippen LogP contribution in [0.4, 0.5) is 5.82 Å². The van der Waals surface area contributed by atoms with Crippen molar-refractivity contribution >= 4 is 21.9 Å². The number of hydrogen-bond acceptors (Lipinski definition) is 6. The van der Waals surface area contributed by atoms with E-state index >= 15 is 0 Å². The van der Waals surface area contributed by atoms with Gasteiger partial charge in [-0.2, -0.15) is 4.31 Å². The van der Waals surface area contributed by atoms with Crippen molar-refractivity contribution in [1.82, 2.24) is 14.3 Å². The number of ether oxygens (including phenoxy) is 1. The van der Waals surface area contributed by atoms with Crippen molar-refractivity contribution in [2.24, 2.45) is 0 Å². The van der Waals surface area contributed by atoms with Gasteiger partial charge in [-0.05, 0) is 24.5 Å². The third-order valence-corrected chi connectivity index (χ3v) is 5.81. The molecule has 0 N–H and O–H groups in total. The lowest BCUT2D eigenvalue weighted by atomic mass is 10.1. The van der Waals surface area contributed by atoms with E-state index in [0.717, 1.165) is 18.4 Å². The van der Waals surface area contributed by atoms with Gasteiger partial charge in [-0.25, -0.2) is 18.4 Å². The summed E-state index contributed by atoms with van der Waals surface area (Å²) in [7, 11) is 0.221. The molecule has 0 bridgehead atoms. The van der Waals surface area contributed by atoms with E-state index in [9.17, 15) is 8.42 Å². The molecule has 7 nitrogen and oxygen atoms in total. The number of nitrogens with zero attached hydrogens (tertiary/aromatic N) is 4. The molecule has 3 rings (SSSR count). The second-order valence-electron chi connectivity index (χ2n) is 6.58. The topological polar surface area (TPSA) is 75.6 Å². The lowest BCUT2D eigenvalue weighted by molar-refractivity contribution is 0.125. The van der Waals surface area contributed by atoms with Crippen LogP contribution in [0.5, 0.6) is 5.88 Å². The molecule has 0 amide bonds. The van der Waals surface area contributed by atoms with Crippen molar-refractivity contribution in [3.8, 4) is 5.88 Å². The molecule has 1 aromatic carbocycles. The summed E-state index contributed by atoms with van der Waals surface area (Å²) in [4.78, 5) is 10.3. The highest BCUT2D eigenvalue weighted by Gasteiger charge is 2.29. The number of benzene rings is 1. The van der Waals surface area contributed by atoms with E-state index in [1.807, 2.05) is 49.3 Å². The first-order valence-electron chi connectivity index (χ1n) is 8.84. The third kappa shape index (κ3) is 5.05. The molecular weight excluding hydrogens is 364 g/mol. The smallest absolute Gasteiger partial charge is 0.257 e. The van der Waals surface area contributed by atoms with Gasteiger partial charge in [-0.3, -0.25) is 0 Å². The minimum Gasteiger partial charge on any atom is -0.470 e. The summed E-state index contributed by atoms with van der Waals surface area (Å²) in [6, 6.07) is 9.38. The molecule has 8 heteroatoms. The largest absolute Gasteiger partial charge is 0.470 e. The Hall–Kier alpha value is -2.45. The van der Waals surface area contributed by atoms with E-state index < -0.39 is 10.0 Å². The lowest BCUT2D eigenvalue weighted by Crippen LogP contribution is -2.43. The molecule has 1 atom stereocenters. The van der Waals surface area contributed by atoms with E-state index in [-0.39, 0.29) is 6.10 Å². The van der Waals surface area contributed by atoms with Gasteiger partial charge in [0.15, 0.2) is 5.82 Å². The number of sulfonamides is 1. The van der Waals surface area contributed by atoms with Crippen molar-refractivity contribution in [3.05, 3.63) is 53.7 Å². The molecule has 0 radical (unpaired) electrons. The lowest BCUT2D eigenvalue weighted by Gasteiger charge is -2.31. The summed E-state index contributed by atoms with van der Waals surface area (Å²) in [5.74, 6) is 1.05. The van der Waals surface area contributed by atoms with E-state index in [1.54, 1.807) is 18.5 Å².